The largest absolute Gasteiger partial charge is 0.409 e. The SMILES string of the molecule is CC1(C)CN(Cc2ccc(F)cc2/C(N)=N/O)CCS1. The lowest BCUT2D eigenvalue weighted by Crippen LogP contribution is -2.42. The van der Waals surface area contributed by atoms with Crippen LogP contribution >= 0.6 is 11.8 Å². The minimum absolute atomic E-state index is 0.0508. The zero-order valence-electron chi connectivity index (χ0n) is 11.8. The lowest BCUT2D eigenvalue weighted by molar-refractivity contribution is 0.252. The Kier molecular flexibility index (Phi) is 4.55. The van der Waals surface area contributed by atoms with Crippen LogP contribution in [0.15, 0.2) is 23.4 Å². The van der Waals surface area contributed by atoms with Gasteiger partial charge in [0, 0.05) is 35.7 Å². The molecular formula is C14H20FN3OS. The summed E-state index contributed by atoms with van der Waals surface area (Å²) in [6.07, 6.45) is 0. The number of thioether (sulfide) groups is 1. The van der Waals surface area contributed by atoms with Crippen LogP contribution in [0, 0.1) is 5.82 Å². The fraction of sp³-hybridized carbons (Fsp3) is 0.500. The van der Waals surface area contributed by atoms with E-state index in [4.69, 9.17) is 10.9 Å². The Bertz CT molecular complexity index is 519. The third kappa shape index (κ3) is 3.64. The van der Waals surface area contributed by atoms with E-state index >= 15 is 0 Å². The van der Waals surface area contributed by atoms with Crippen molar-refractivity contribution in [2.75, 3.05) is 18.8 Å². The highest BCUT2D eigenvalue weighted by Crippen LogP contribution is 2.30. The van der Waals surface area contributed by atoms with Gasteiger partial charge in [0.25, 0.3) is 0 Å². The fourth-order valence-electron chi connectivity index (χ4n) is 2.47. The average molecular weight is 297 g/mol. The van der Waals surface area contributed by atoms with Gasteiger partial charge in [-0.25, -0.2) is 4.39 Å². The molecule has 1 aromatic carbocycles. The standard InChI is InChI=1S/C14H20FN3OS/c1-14(2)9-18(5-6-20-14)8-10-3-4-11(15)7-12(10)13(16)17-19/h3-4,7,19H,5-6,8-9H2,1-2H3,(H2,16,17). The molecule has 0 atom stereocenters. The van der Waals surface area contributed by atoms with E-state index in [0.29, 0.717) is 12.1 Å². The molecule has 3 N–H and O–H groups in total. The van der Waals surface area contributed by atoms with E-state index in [9.17, 15) is 4.39 Å². The first kappa shape index (κ1) is 15.1. The lowest BCUT2D eigenvalue weighted by Gasteiger charge is -2.37. The van der Waals surface area contributed by atoms with Gasteiger partial charge in [-0.15, -0.1) is 0 Å². The zero-order valence-corrected chi connectivity index (χ0v) is 12.6. The first-order valence-electron chi connectivity index (χ1n) is 6.54. The number of nitrogens with two attached hydrogens (primary N) is 1. The molecule has 6 heteroatoms. The van der Waals surface area contributed by atoms with Crippen LogP contribution in [0.3, 0.4) is 0 Å². The third-order valence-electron chi connectivity index (χ3n) is 3.35. The van der Waals surface area contributed by atoms with Crippen LogP contribution in [0.1, 0.15) is 25.0 Å². The maximum Gasteiger partial charge on any atom is 0.170 e. The predicted molar refractivity (Wildman–Crippen MR) is 80.7 cm³/mol. The van der Waals surface area contributed by atoms with E-state index in [-0.39, 0.29) is 16.4 Å². The van der Waals surface area contributed by atoms with E-state index in [1.807, 2.05) is 11.8 Å². The summed E-state index contributed by atoms with van der Waals surface area (Å²) in [5, 5.41) is 11.8. The monoisotopic (exact) mass is 297 g/mol. The van der Waals surface area contributed by atoms with Crippen LogP contribution in [0.2, 0.25) is 0 Å². The van der Waals surface area contributed by atoms with Crippen molar-refractivity contribution in [2.45, 2.75) is 25.1 Å². The van der Waals surface area contributed by atoms with Crippen molar-refractivity contribution in [3.05, 3.63) is 35.1 Å². The summed E-state index contributed by atoms with van der Waals surface area (Å²) in [5.41, 5.74) is 6.97. The molecule has 0 amide bonds. The molecule has 0 aliphatic carbocycles. The molecule has 0 aromatic heterocycles. The van der Waals surface area contributed by atoms with Gasteiger partial charge in [0.2, 0.25) is 0 Å². The Labute approximate surface area is 122 Å². The van der Waals surface area contributed by atoms with Crippen molar-refractivity contribution in [3.63, 3.8) is 0 Å². The molecule has 0 bridgehead atoms. The Hall–Kier alpha value is -1.27. The van der Waals surface area contributed by atoms with Gasteiger partial charge in [0.05, 0.1) is 0 Å². The van der Waals surface area contributed by atoms with Crippen LogP contribution < -0.4 is 5.73 Å². The highest BCUT2D eigenvalue weighted by Gasteiger charge is 2.27. The van der Waals surface area contributed by atoms with Crippen LogP contribution in [0.25, 0.3) is 0 Å². The average Bonchev–Trinajstić information content (AvgIpc) is 2.39. The summed E-state index contributed by atoms with van der Waals surface area (Å²) < 4.78 is 13.6. The molecule has 0 radical (unpaired) electrons. The molecule has 0 saturated carbocycles. The van der Waals surface area contributed by atoms with Gasteiger partial charge in [-0.3, -0.25) is 4.90 Å². The number of halogens is 1. The minimum atomic E-state index is -0.384. The van der Waals surface area contributed by atoms with Gasteiger partial charge < -0.3 is 10.9 Å². The molecule has 20 heavy (non-hydrogen) atoms. The van der Waals surface area contributed by atoms with Gasteiger partial charge in [-0.2, -0.15) is 11.8 Å². The molecule has 1 aliphatic rings. The number of hydrogen-bond acceptors (Lipinski definition) is 4. The van der Waals surface area contributed by atoms with Gasteiger partial charge in [0.15, 0.2) is 5.84 Å². The number of hydrogen-bond donors (Lipinski definition) is 2. The van der Waals surface area contributed by atoms with Crippen molar-refractivity contribution in [3.8, 4) is 0 Å². The number of oxime groups is 1. The van der Waals surface area contributed by atoms with Gasteiger partial charge >= 0.3 is 0 Å². The summed E-state index contributed by atoms with van der Waals surface area (Å²) in [5.74, 6) is 0.641. The predicted octanol–water partition coefficient (Wildman–Crippen LogP) is 2.25. The molecule has 4 nitrogen and oxygen atoms in total. The Morgan fingerprint density at radius 2 is 2.30 bits per heavy atom. The molecule has 0 unspecified atom stereocenters. The Morgan fingerprint density at radius 3 is 2.95 bits per heavy atom. The minimum Gasteiger partial charge on any atom is -0.409 e. The van der Waals surface area contributed by atoms with E-state index in [0.717, 1.165) is 24.4 Å². The molecule has 1 fully saturated rings. The van der Waals surface area contributed by atoms with Crippen molar-refractivity contribution >= 4 is 17.6 Å². The normalized spacial score (nSPS) is 20.1. The van der Waals surface area contributed by atoms with E-state index in [1.54, 1.807) is 6.07 Å². The quantitative estimate of drug-likeness (QED) is 0.389. The maximum atomic E-state index is 13.3. The lowest BCUT2D eigenvalue weighted by atomic mass is 10.0. The van der Waals surface area contributed by atoms with Crippen LogP contribution in [0.5, 0.6) is 0 Å². The number of benzene rings is 1. The highest BCUT2D eigenvalue weighted by atomic mass is 32.2. The van der Waals surface area contributed by atoms with Crippen molar-refractivity contribution in [1.29, 1.82) is 0 Å². The van der Waals surface area contributed by atoms with Crippen LogP contribution in [0.4, 0.5) is 4.39 Å². The third-order valence-corrected chi connectivity index (χ3v) is 4.65. The summed E-state index contributed by atoms with van der Waals surface area (Å²) in [6, 6.07) is 4.43. The fourth-order valence-corrected chi connectivity index (χ4v) is 3.64. The summed E-state index contributed by atoms with van der Waals surface area (Å²) in [4.78, 5) is 2.32. The molecule has 2 rings (SSSR count). The molecule has 110 valence electrons. The van der Waals surface area contributed by atoms with Crippen molar-refractivity contribution < 1.29 is 9.60 Å². The molecule has 0 spiro atoms. The number of nitrogens with zero attached hydrogens (tertiary/aromatic N) is 2. The number of rotatable bonds is 3. The van der Waals surface area contributed by atoms with Crippen LogP contribution in [-0.2, 0) is 6.54 Å². The summed E-state index contributed by atoms with van der Waals surface area (Å²) >= 11 is 1.96. The maximum absolute atomic E-state index is 13.3. The first-order valence-corrected chi connectivity index (χ1v) is 7.52. The second kappa shape index (κ2) is 6.01. The Balaban J connectivity index is 2.21. The first-order chi connectivity index (χ1) is 9.41. The van der Waals surface area contributed by atoms with Gasteiger partial charge in [0.1, 0.15) is 5.82 Å². The van der Waals surface area contributed by atoms with Crippen molar-refractivity contribution in [1.82, 2.24) is 4.90 Å². The molecule has 1 heterocycles. The van der Waals surface area contributed by atoms with E-state index in [1.165, 1.54) is 12.1 Å². The molecule has 1 saturated heterocycles. The Morgan fingerprint density at radius 1 is 1.55 bits per heavy atom. The highest BCUT2D eigenvalue weighted by molar-refractivity contribution is 8.00. The second-order valence-corrected chi connectivity index (χ2v) is 7.41. The van der Waals surface area contributed by atoms with E-state index in [2.05, 4.69) is 23.9 Å². The smallest absolute Gasteiger partial charge is 0.170 e. The summed E-state index contributed by atoms with van der Waals surface area (Å²) in [7, 11) is 0. The zero-order chi connectivity index (χ0) is 14.8. The topological polar surface area (TPSA) is 61.8 Å². The molecular weight excluding hydrogens is 277 g/mol. The van der Waals surface area contributed by atoms with Crippen LogP contribution in [-0.4, -0.2) is 39.5 Å². The van der Waals surface area contributed by atoms with Gasteiger partial charge in [-0.05, 0) is 31.5 Å². The van der Waals surface area contributed by atoms with Gasteiger partial charge in [-0.1, -0.05) is 11.2 Å². The number of amidine groups is 1. The molecule has 1 aromatic rings. The summed E-state index contributed by atoms with van der Waals surface area (Å²) in [6.45, 7) is 7.07. The van der Waals surface area contributed by atoms with Crippen molar-refractivity contribution in [2.24, 2.45) is 10.9 Å². The van der Waals surface area contributed by atoms with E-state index < -0.39 is 0 Å². The molecule has 1 aliphatic heterocycles. The second-order valence-electron chi connectivity index (χ2n) is 5.61.